The number of carbonyl (C=O) groups is 1. The minimum absolute atomic E-state index is 0. The summed E-state index contributed by atoms with van der Waals surface area (Å²) in [4.78, 5) is 13.6. The number of ether oxygens (including phenoxy) is 1. The Morgan fingerprint density at radius 1 is 1.29 bits per heavy atom. The summed E-state index contributed by atoms with van der Waals surface area (Å²) in [6.45, 7) is 5.98. The Hall–Kier alpha value is -1.10. The van der Waals surface area contributed by atoms with E-state index in [0.29, 0.717) is 19.7 Å². The normalized spacial score (nSPS) is 10.9. The first-order valence-corrected chi connectivity index (χ1v) is 7.00. The molecule has 0 aliphatic heterocycles. The highest BCUT2D eigenvalue weighted by Crippen LogP contribution is 2.13. The fraction of sp³-hybridized carbons (Fsp3) is 0.562. The summed E-state index contributed by atoms with van der Waals surface area (Å²) in [5, 5.41) is 0. The Kier molecular flexibility index (Phi) is 9.26. The molecule has 2 N–H and O–H groups in total. The van der Waals surface area contributed by atoms with Crippen LogP contribution in [0, 0.1) is 5.41 Å². The smallest absolute Gasteiger partial charge is 0.248 e. The van der Waals surface area contributed by atoms with Crippen LogP contribution in [-0.2, 0) is 16.0 Å². The van der Waals surface area contributed by atoms with Gasteiger partial charge in [-0.25, -0.2) is 0 Å². The number of halogens is 1. The molecule has 0 fully saturated rings. The molecule has 0 aliphatic rings. The molecule has 0 aromatic heterocycles. The zero-order valence-electron chi connectivity index (χ0n) is 13.2. The van der Waals surface area contributed by atoms with Crippen LogP contribution in [0.1, 0.15) is 19.4 Å². The molecule has 4 nitrogen and oxygen atoms in total. The van der Waals surface area contributed by atoms with Crippen molar-refractivity contribution in [2.75, 3.05) is 33.4 Å². The van der Waals surface area contributed by atoms with Gasteiger partial charge in [0, 0.05) is 13.6 Å². The van der Waals surface area contributed by atoms with Gasteiger partial charge in [-0.3, -0.25) is 4.79 Å². The summed E-state index contributed by atoms with van der Waals surface area (Å²) < 4.78 is 5.45. The van der Waals surface area contributed by atoms with Crippen molar-refractivity contribution >= 4 is 18.3 Å². The monoisotopic (exact) mass is 314 g/mol. The fourth-order valence-electron chi connectivity index (χ4n) is 1.90. The SMILES string of the molecule is CN(CC(C)(C)CN)C(=O)COCCc1ccccc1.Cl. The van der Waals surface area contributed by atoms with Gasteiger partial charge in [0.1, 0.15) is 6.61 Å². The van der Waals surface area contributed by atoms with E-state index in [0.717, 1.165) is 6.42 Å². The van der Waals surface area contributed by atoms with E-state index in [2.05, 4.69) is 12.1 Å². The molecule has 1 aromatic rings. The summed E-state index contributed by atoms with van der Waals surface area (Å²) in [5.41, 5.74) is 6.83. The number of carbonyl (C=O) groups excluding carboxylic acids is 1. The Morgan fingerprint density at radius 2 is 1.90 bits per heavy atom. The maximum atomic E-state index is 11.9. The highest BCUT2D eigenvalue weighted by molar-refractivity contribution is 5.85. The number of nitrogens with two attached hydrogens (primary N) is 1. The van der Waals surface area contributed by atoms with Crippen LogP contribution in [-0.4, -0.2) is 44.2 Å². The van der Waals surface area contributed by atoms with Crippen molar-refractivity contribution in [3.05, 3.63) is 35.9 Å². The van der Waals surface area contributed by atoms with E-state index in [-0.39, 0.29) is 30.3 Å². The molecule has 1 aromatic carbocycles. The van der Waals surface area contributed by atoms with E-state index in [4.69, 9.17) is 10.5 Å². The number of benzene rings is 1. The second-order valence-corrected chi connectivity index (χ2v) is 5.91. The van der Waals surface area contributed by atoms with E-state index in [1.165, 1.54) is 5.56 Å². The van der Waals surface area contributed by atoms with Gasteiger partial charge in [0.05, 0.1) is 6.61 Å². The van der Waals surface area contributed by atoms with Crippen LogP contribution in [0.5, 0.6) is 0 Å². The maximum absolute atomic E-state index is 11.9. The molecule has 0 bridgehead atoms. The molecular weight excluding hydrogens is 288 g/mol. The van der Waals surface area contributed by atoms with Crippen LogP contribution in [0.3, 0.4) is 0 Å². The Balaban J connectivity index is 0.00000400. The number of nitrogens with zero attached hydrogens (tertiary/aromatic N) is 1. The van der Waals surface area contributed by atoms with Crippen molar-refractivity contribution in [2.24, 2.45) is 11.1 Å². The molecule has 0 heterocycles. The van der Waals surface area contributed by atoms with Crippen molar-refractivity contribution in [2.45, 2.75) is 20.3 Å². The van der Waals surface area contributed by atoms with E-state index in [1.54, 1.807) is 11.9 Å². The van der Waals surface area contributed by atoms with Crippen molar-refractivity contribution in [1.82, 2.24) is 4.90 Å². The van der Waals surface area contributed by atoms with Crippen molar-refractivity contribution < 1.29 is 9.53 Å². The van der Waals surface area contributed by atoms with Gasteiger partial charge in [-0.1, -0.05) is 44.2 Å². The maximum Gasteiger partial charge on any atom is 0.248 e. The highest BCUT2D eigenvalue weighted by atomic mass is 35.5. The highest BCUT2D eigenvalue weighted by Gasteiger charge is 2.20. The summed E-state index contributed by atoms with van der Waals surface area (Å²) in [5.74, 6) is -0.000383. The minimum Gasteiger partial charge on any atom is -0.371 e. The van der Waals surface area contributed by atoms with Crippen LogP contribution < -0.4 is 5.73 Å². The molecule has 21 heavy (non-hydrogen) atoms. The lowest BCUT2D eigenvalue weighted by molar-refractivity contribution is -0.136. The first kappa shape index (κ1) is 19.9. The van der Waals surface area contributed by atoms with Gasteiger partial charge in [0.25, 0.3) is 0 Å². The van der Waals surface area contributed by atoms with Gasteiger partial charge < -0.3 is 15.4 Å². The lowest BCUT2D eigenvalue weighted by Gasteiger charge is -2.29. The molecular formula is C16H27ClN2O2. The fourth-order valence-corrected chi connectivity index (χ4v) is 1.90. The summed E-state index contributed by atoms with van der Waals surface area (Å²) in [6.07, 6.45) is 0.826. The molecule has 1 amide bonds. The predicted octanol–water partition coefficient (Wildman–Crippen LogP) is 2.11. The average Bonchev–Trinajstić information content (AvgIpc) is 2.44. The lowest BCUT2D eigenvalue weighted by Crippen LogP contribution is -2.41. The molecule has 0 radical (unpaired) electrons. The van der Waals surface area contributed by atoms with Crippen LogP contribution in [0.15, 0.2) is 30.3 Å². The number of hydrogen-bond acceptors (Lipinski definition) is 3. The van der Waals surface area contributed by atoms with Crippen molar-refractivity contribution in [3.8, 4) is 0 Å². The van der Waals surface area contributed by atoms with Crippen LogP contribution in [0.2, 0.25) is 0 Å². The quantitative estimate of drug-likeness (QED) is 0.748. The largest absolute Gasteiger partial charge is 0.371 e. The van der Waals surface area contributed by atoms with E-state index in [9.17, 15) is 4.79 Å². The number of hydrogen-bond donors (Lipinski definition) is 1. The zero-order valence-corrected chi connectivity index (χ0v) is 14.0. The molecule has 0 aliphatic carbocycles. The molecule has 0 saturated heterocycles. The first-order valence-electron chi connectivity index (χ1n) is 7.00. The first-order chi connectivity index (χ1) is 9.44. The van der Waals surface area contributed by atoms with Crippen LogP contribution in [0.25, 0.3) is 0 Å². The van der Waals surface area contributed by atoms with Gasteiger partial charge in [-0.2, -0.15) is 0 Å². The van der Waals surface area contributed by atoms with Gasteiger partial charge in [-0.15, -0.1) is 12.4 Å². The van der Waals surface area contributed by atoms with Gasteiger partial charge >= 0.3 is 0 Å². The van der Waals surface area contributed by atoms with E-state index < -0.39 is 0 Å². The number of amides is 1. The molecule has 0 atom stereocenters. The molecule has 120 valence electrons. The summed E-state index contributed by atoms with van der Waals surface area (Å²) in [7, 11) is 1.79. The predicted molar refractivity (Wildman–Crippen MR) is 88.7 cm³/mol. The van der Waals surface area contributed by atoms with Crippen molar-refractivity contribution in [1.29, 1.82) is 0 Å². The zero-order chi connectivity index (χ0) is 15.0. The third kappa shape index (κ3) is 8.05. The molecule has 1 rings (SSSR count). The Labute approximate surface area is 134 Å². The second kappa shape index (κ2) is 9.77. The number of likely N-dealkylation sites (N-methyl/N-ethyl adjacent to an activating group) is 1. The van der Waals surface area contributed by atoms with Crippen LogP contribution in [0.4, 0.5) is 0 Å². The summed E-state index contributed by atoms with van der Waals surface area (Å²) >= 11 is 0. The topological polar surface area (TPSA) is 55.6 Å². The van der Waals surface area contributed by atoms with Crippen LogP contribution >= 0.6 is 12.4 Å². The standard InChI is InChI=1S/C16H26N2O2.ClH/c1-16(2,12-17)13-18(3)15(19)11-20-10-9-14-7-5-4-6-8-14;/h4-8H,9-13,17H2,1-3H3;1H. The Bertz CT molecular complexity index is 410. The van der Waals surface area contributed by atoms with Crippen molar-refractivity contribution in [3.63, 3.8) is 0 Å². The Morgan fingerprint density at radius 3 is 2.48 bits per heavy atom. The van der Waals surface area contributed by atoms with E-state index >= 15 is 0 Å². The molecule has 0 spiro atoms. The summed E-state index contributed by atoms with van der Waals surface area (Å²) in [6, 6.07) is 10.1. The van der Waals surface area contributed by atoms with Gasteiger partial charge in [0.2, 0.25) is 5.91 Å². The number of rotatable bonds is 8. The third-order valence-corrected chi connectivity index (χ3v) is 3.25. The van der Waals surface area contributed by atoms with Gasteiger partial charge in [-0.05, 0) is 23.9 Å². The average molecular weight is 315 g/mol. The van der Waals surface area contributed by atoms with Gasteiger partial charge in [0.15, 0.2) is 0 Å². The lowest BCUT2D eigenvalue weighted by atomic mass is 9.93. The van der Waals surface area contributed by atoms with E-state index in [1.807, 2.05) is 32.0 Å². The molecule has 5 heteroatoms. The minimum atomic E-state index is -0.0611. The third-order valence-electron chi connectivity index (χ3n) is 3.25. The molecule has 0 unspecified atom stereocenters. The molecule has 0 saturated carbocycles. The second-order valence-electron chi connectivity index (χ2n) is 5.91.